The van der Waals surface area contributed by atoms with Gasteiger partial charge in [0.05, 0.1) is 6.61 Å². The van der Waals surface area contributed by atoms with Crippen molar-refractivity contribution in [2.75, 3.05) is 6.61 Å². The van der Waals surface area contributed by atoms with Crippen LogP contribution >= 0.6 is 0 Å². The Kier molecular flexibility index (Phi) is 5.26. The van der Waals surface area contributed by atoms with E-state index in [1.54, 1.807) is 0 Å². The summed E-state index contributed by atoms with van der Waals surface area (Å²) in [4.78, 5) is 11.5. The number of aromatic nitrogens is 1. The van der Waals surface area contributed by atoms with E-state index in [1.807, 2.05) is 11.5 Å². The molecule has 0 aliphatic rings. The second-order valence-corrected chi connectivity index (χ2v) is 4.25. The molecule has 1 heterocycles. The van der Waals surface area contributed by atoms with Crippen molar-refractivity contribution in [1.82, 2.24) is 4.57 Å². The summed E-state index contributed by atoms with van der Waals surface area (Å²) in [5, 5.41) is 0. The number of hydrogen-bond acceptors (Lipinski definition) is 2. The molecule has 0 saturated heterocycles. The van der Waals surface area contributed by atoms with Crippen molar-refractivity contribution in [3.63, 3.8) is 0 Å². The number of hydrogen-bond donors (Lipinski definition) is 0. The predicted molar refractivity (Wildman–Crippen MR) is 69.2 cm³/mol. The van der Waals surface area contributed by atoms with E-state index in [0.29, 0.717) is 13.2 Å². The molecule has 3 heteroatoms. The van der Waals surface area contributed by atoms with Crippen LogP contribution in [0.5, 0.6) is 0 Å². The Morgan fingerprint density at radius 3 is 2.59 bits per heavy atom. The summed E-state index contributed by atoms with van der Waals surface area (Å²) in [7, 11) is 0. The summed E-state index contributed by atoms with van der Waals surface area (Å²) >= 11 is 0. The first-order chi connectivity index (χ1) is 8.13. The maximum atomic E-state index is 11.5. The molecule has 1 rings (SSSR count). The molecule has 0 atom stereocenters. The monoisotopic (exact) mass is 237 g/mol. The molecule has 1 aromatic rings. The van der Waals surface area contributed by atoms with E-state index in [9.17, 15) is 4.79 Å². The summed E-state index contributed by atoms with van der Waals surface area (Å²) in [6, 6.07) is 0. The third-order valence-electron chi connectivity index (χ3n) is 3.05. The lowest BCUT2D eigenvalue weighted by Gasteiger charge is -2.06. The van der Waals surface area contributed by atoms with Gasteiger partial charge in [0.2, 0.25) is 0 Å². The minimum Gasteiger partial charge on any atom is -0.465 e. The van der Waals surface area contributed by atoms with Crippen LogP contribution in [-0.4, -0.2) is 17.1 Å². The van der Waals surface area contributed by atoms with Gasteiger partial charge in [-0.1, -0.05) is 20.3 Å². The normalized spacial score (nSPS) is 10.6. The van der Waals surface area contributed by atoms with Crippen molar-refractivity contribution in [3.8, 4) is 0 Å². The van der Waals surface area contributed by atoms with E-state index < -0.39 is 0 Å². The number of ether oxygens (including phenoxy) is 1. The van der Waals surface area contributed by atoms with E-state index in [4.69, 9.17) is 4.74 Å². The van der Waals surface area contributed by atoms with Gasteiger partial charge in [-0.25, -0.2) is 0 Å². The van der Waals surface area contributed by atoms with Crippen molar-refractivity contribution in [2.45, 2.75) is 53.5 Å². The van der Waals surface area contributed by atoms with Crippen LogP contribution in [0.1, 0.15) is 44.0 Å². The number of nitrogens with zero attached hydrogens (tertiary/aromatic N) is 1. The molecule has 0 aliphatic heterocycles. The quantitative estimate of drug-likeness (QED) is 0.712. The van der Waals surface area contributed by atoms with Gasteiger partial charge in [0.25, 0.3) is 0 Å². The van der Waals surface area contributed by atoms with Crippen LogP contribution in [0.15, 0.2) is 6.20 Å². The Labute approximate surface area is 104 Å². The van der Waals surface area contributed by atoms with Crippen LogP contribution in [0.2, 0.25) is 0 Å². The number of aryl methyl sites for hydroxylation is 1. The maximum absolute atomic E-state index is 11.5. The van der Waals surface area contributed by atoms with Gasteiger partial charge < -0.3 is 9.30 Å². The molecule has 0 unspecified atom stereocenters. The average Bonchev–Trinajstić information content (AvgIpc) is 2.58. The molecule has 0 aromatic carbocycles. The molecule has 96 valence electrons. The van der Waals surface area contributed by atoms with Crippen molar-refractivity contribution in [2.24, 2.45) is 0 Å². The Bertz CT molecular complexity index is 380. The number of carbonyl (C=O) groups excluding carboxylic acids is 1. The molecule has 1 aromatic heterocycles. The molecule has 0 saturated carbocycles. The van der Waals surface area contributed by atoms with Gasteiger partial charge in [0.1, 0.15) is 6.54 Å². The average molecular weight is 237 g/mol. The molecule has 3 nitrogen and oxygen atoms in total. The van der Waals surface area contributed by atoms with Gasteiger partial charge in [-0.05, 0) is 37.8 Å². The zero-order valence-electron chi connectivity index (χ0n) is 11.4. The highest BCUT2D eigenvalue weighted by Gasteiger charge is 2.13. The fraction of sp³-hybridized carbons (Fsp3) is 0.643. The maximum Gasteiger partial charge on any atom is 0.325 e. The zero-order valence-corrected chi connectivity index (χ0v) is 11.4. The van der Waals surface area contributed by atoms with Crippen LogP contribution in [0.4, 0.5) is 0 Å². The minimum absolute atomic E-state index is 0.156. The summed E-state index contributed by atoms with van der Waals surface area (Å²) < 4.78 is 7.00. The summed E-state index contributed by atoms with van der Waals surface area (Å²) in [6.07, 6.45) is 5.34. The Hall–Kier alpha value is -1.25. The first-order valence-electron chi connectivity index (χ1n) is 6.47. The van der Waals surface area contributed by atoms with E-state index in [2.05, 4.69) is 27.0 Å². The first kappa shape index (κ1) is 13.8. The fourth-order valence-electron chi connectivity index (χ4n) is 2.17. The molecule has 17 heavy (non-hydrogen) atoms. The van der Waals surface area contributed by atoms with Crippen LogP contribution in [-0.2, 0) is 28.9 Å². The predicted octanol–water partition coefficient (Wildman–Crippen LogP) is 2.87. The molecule has 0 radical (unpaired) electrons. The van der Waals surface area contributed by atoms with Gasteiger partial charge in [0.15, 0.2) is 0 Å². The molecule has 0 bridgehead atoms. The molecule has 0 fully saturated rings. The first-order valence-corrected chi connectivity index (χ1v) is 6.47. The molecule has 0 spiro atoms. The highest BCUT2D eigenvalue weighted by Crippen LogP contribution is 2.19. The Morgan fingerprint density at radius 1 is 1.35 bits per heavy atom. The summed E-state index contributed by atoms with van der Waals surface area (Å²) in [5.74, 6) is -0.156. The van der Waals surface area contributed by atoms with Crippen molar-refractivity contribution < 1.29 is 9.53 Å². The lowest BCUT2D eigenvalue weighted by atomic mass is 10.0. The summed E-state index contributed by atoms with van der Waals surface area (Å²) in [5.41, 5.74) is 3.96. The van der Waals surface area contributed by atoms with Crippen LogP contribution in [0, 0.1) is 6.92 Å². The van der Waals surface area contributed by atoms with Crippen LogP contribution in [0.25, 0.3) is 0 Å². The second-order valence-electron chi connectivity index (χ2n) is 4.25. The van der Waals surface area contributed by atoms with Crippen molar-refractivity contribution in [1.29, 1.82) is 0 Å². The third-order valence-corrected chi connectivity index (χ3v) is 3.05. The standard InChI is InChI=1S/C14H23NO2/c1-5-8-13-11(4)15(9-12(13)6-2)10-14(16)17-7-3/h9H,5-8,10H2,1-4H3. The van der Waals surface area contributed by atoms with E-state index in [1.165, 1.54) is 16.8 Å². The number of esters is 1. The lowest BCUT2D eigenvalue weighted by Crippen LogP contribution is -2.13. The van der Waals surface area contributed by atoms with Gasteiger partial charge >= 0.3 is 5.97 Å². The highest BCUT2D eigenvalue weighted by molar-refractivity contribution is 5.69. The highest BCUT2D eigenvalue weighted by atomic mass is 16.5. The molecular formula is C14H23NO2. The van der Waals surface area contributed by atoms with Gasteiger partial charge in [-0.15, -0.1) is 0 Å². The van der Waals surface area contributed by atoms with Crippen molar-refractivity contribution >= 4 is 5.97 Å². The topological polar surface area (TPSA) is 31.2 Å². The Morgan fingerprint density at radius 2 is 2.06 bits per heavy atom. The molecule has 0 amide bonds. The summed E-state index contributed by atoms with van der Waals surface area (Å²) in [6.45, 7) is 9.03. The van der Waals surface area contributed by atoms with Crippen molar-refractivity contribution in [3.05, 3.63) is 23.0 Å². The number of carbonyl (C=O) groups is 1. The zero-order chi connectivity index (χ0) is 12.8. The van der Waals surface area contributed by atoms with Gasteiger partial charge in [-0.3, -0.25) is 4.79 Å². The minimum atomic E-state index is -0.156. The third kappa shape index (κ3) is 3.35. The largest absolute Gasteiger partial charge is 0.465 e. The van der Waals surface area contributed by atoms with E-state index >= 15 is 0 Å². The molecule has 0 N–H and O–H groups in total. The van der Waals surface area contributed by atoms with Gasteiger partial charge in [0, 0.05) is 11.9 Å². The Balaban J connectivity index is 2.89. The van der Waals surface area contributed by atoms with E-state index in [0.717, 1.165) is 19.3 Å². The molecule has 0 aliphatic carbocycles. The second kappa shape index (κ2) is 6.48. The smallest absolute Gasteiger partial charge is 0.325 e. The molecular weight excluding hydrogens is 214 g/mol. The number of rotatable bonds is 6. The van der Waals surface area contributed by atoms with Crippen LogP contribution < -0.4 is 0 Å². The lowest BCUT2D eigenvalue weighted by molar-refractivity contribution is -0.143. The van der Waals surface area contributed by atoms with Gasteiger partial charge in [-0.2, -0.15) is 0 Å². The SMILES string of the molecule is CCCc1c(CC)cn(CC(=O)OCC)c1C. The van der Waals surface area contributed by atoms with Crippen LogP contribution in [0.3, 0.4) is 0 Å². The van der Waals surface area contributed by atoms with E-state index in [-0.39, 0.29) is 5.97 Å². The fourth-order valence-corrected chi connectivity index (χ4v) is 2.17.